The van der Waals surface area contributed by atoms with Crippen molar-refractivity contribution in [2.45, 2.75) is 12.8 Å². The van der Waals surface area contributed by atoms with E-state index in [0.29, 0.717) is 19.4 Å². The first kappa shape index (κ1) is 19.2. The summed E-state index contributed by atoms with van der Waals surface area (Å²) < 4.78 is 11.1. The average molecular weight is 368 g/mol. The first-order valence-corrected chi connectivity index (χ1v) is 9.56. The first-order chi connectivity index (χ1) is 13.3. The van der Waals surface area contributed by atoms with Crippen LogP contribution >= 0.6 is 0 Å². The summed E-state index contributed by atoms with van der Waals surface area (Å²) in [4.78, 5) is 16.8. The molecule has 3 rings (SSSR count). The Hall–Kier alpha value is -2.53. The van der Waals surface area contributed by atoms with Crippen molar-refractivity contribution in [3.8, 4) is 11.5 Å². The maximum atomic E-state index is 12.5. The normalized spacial score (nSPS) is 14.8. The molecule has 0 spiro atoms. The Morgan fingerprint density at radius 1 is 0.963 bits per heavy atom. The number of benzene rings is 2. The third-order valence-corrected chi connectivity index (χ3v) is 4.95. The van der Waals surface area contributed by atoms with Crippen molar-refractivity contribution >= 4 is 5.91 Å². The number of piperazine rings is 1. The van der Waals surface area contributed by atoms with Crippen molar-refractivity contribution in [2.24, 2.45) is 0 Å². The largest absolute Gasteiger partial charge is 0.496 e. The first-order valence-electron chi connectivity index (χ1n) is 9.56. The Bertz CT molecular complexity index is 713. The van der Waals surface area contributed by atoms with Crippen LogP contribution in [0.25, 0.3) is 0 Å². The van der Waals surface area contributed by atoms with Gasteiger partial charge in [-0.1, -0.05) is 36.4 Å². The second kappa shape index (κ2) is 9.97. The standard InChI is InChI=1S/C22H28N2O3/c1-26-21-10-6-5-7-19(21)11-12-22(25)24-15-13-23(14-16-24)17-18-27-20-8-3-2-4-9-20/h2-10H,11-18H2,1H3. The number of aryl methyl sites for hydroxylation is 1. The van der Waals surface area contributed by atoms with E-state index in [4.69, 9.17) is 9.47 Å². The van der Waals surface area contributed by atoms with Crippen LogP contribution in [0.1, 0.15) is 12.0 Å². The Kier molecular flexibility index (Phi) is 7.11. The van der Waals surface area contributed by atoms with Crippen LogP contribution in [0.4, 0.5) is 0 Å². The SMILES string of the molecule is COc1ccccc1CCC(=O)N1CCN(CCOc2ccccc2)CC1. The van der Waals surface area contributed by atoms with Crippen molar-refractivity contribution in [1.82, 2.24) is 9.80 Å². The molecule has 2 aromatic carbocycles. The number of carbonyl (C=O) groups excluding carboxylic acids is 1. The summed E-state index contributed by atoms with van der Waals surface area (Å²) >= 11 is 0. The molecular formula is C22H28N2O3. The second-order valence-corrected chi connectivity index (χ2v) is 6.70. The quantitative estimate of drug-likeness (QED) is 0.719. The second-order valence-electron chi connectivity index (χ2n) is 6.70. The summed E-state index contributed by atoms with van der Waals surface area (Å²) in [5, 5.41) is 0. The van der Waals surface area contributed by atoms with Gasteiger partial charge in [0.15, 0.2) is 0 Å². The molecule has 0 aromatic heterocycles. The molecule has 27 heavy (non-hydrogen) atoms. The molecular weight excluding hydrogens is 340 g/mol. The van der Waals surface area contributed by atoms with Gasteiger partial charge in [0.05, 0.1) is 7.11 Å². The van der Waals surface area contributed by atoms with Crippen molar-refractivity contribution in [1.29, 1.82) is 0 Å². The van der Waals surface area contributed by atoms with E-state index in [1.165, 1.54) is 0 Å². The minimum Gasteiger partial charge on any atom is -0.496 e. The third kappa shape index (κ3) is 5.73. The molecule has 1 aliphatic heterocycles. The van der Waals surface area contributed by atoms with Crippen molar-refractivity contribution < 1.29 is 14.3 Å². The number of hydrogen-bond donors (Lipinski definition) is 0. The highest BCUT2D eigenvalue weighted by atomic mass is 16.5. The lowest BCUT2D eigenvalue weighted by molar-refractivity contribution is -0.132. The molecule has 0 atom stereocenters. The van der Waals surface area contributed by atoms with E-state index >= 15 is 0 Å². The molecule has 0 unspecified atom stereocenters. The zero-order chi connectivity index (χ0) is 18.9. The fourth-order valence-corrected chi connectivity index (χ4v) is 3.34. The Morgan fingerprint density at radius 2 is 1.67 bits per heavy atom. The van der Waals surface area contributed by atoms with Gasteiger partial charge in [-0.15, -0.1) is 0 Å². The number of methoxy groups -OCH3 is 1. The Morgan fingerprint density at radius 3 is 2.41 bits per heavy atom. The number of ether oxygens (including phenoxy) is 2. The molecule has 1 fully saturated rings. The van der Waals surface area contributed by atoms with Crippen LogP contribution in [0.15, 0.2) is 54.6 Å². The molecule has 2 aromatic rings. The number of carbonyl (C=O) groups is 1. The summed E-state index contributed by atoms with van der Waals surface area (Å²) in [5.41, 5.74) is 1.09. The maximum Gasteiger partial charge on any atom is 0.222 e. The number of hydrogen-bond acceptors (Lipinski definition) is 4. The van der Waals surface area contributed by atoms with Gasteiger partial charge in [-0.2, -0.15) is 0 Å². The fraction of sp³-hybridized carbons (Fsp3) is 0.409. The van der Waals surface area contributed by atoms with Gasteiger partial charge in [0.1, 0.15) is 18.1 Å². The molecule has 0 N–H and O–H groups in total. The van der Waals surface area contributed by atoms with Gasteiger partial charge in [-0.25, -0.2) is 0 Å². The van der Waals surface area contributed by atoms with Crippen LogP contribution in [0.3, 0.4) is 0 Å². The van der Waals surface area contributed by atoms with Crippen molar-refractivity contribution in [2.75, 3.05) is 46.4 Å². The van der Waals surface area contributed by atoms with Gasteiger partial charge >= 0.3 is 0 Å². The summed E-state index contributed by atoms with van der Waals surface area (Å²) in [6.07, 6.45) is 1.24. The topological polar surface area (TPSA) is 42.0 Å². The van der Waals surface area contributed by atoms with Crippen LogP contribution in [0, 0.1) is 0 Å². The van der Waals surface area contributed by atoms with E-state index in [9.17, 15) is 4.79 Å². The molecule has 144 valence electrons. The lowest BCUT2D eigenvalue weighted by atomic mass is 10.1. The molecule has 5 heteroatoms. The van der Waals surface area contributed by atoms with Gasteiger partial charge in [0.25, 0.3) is 0 Å². The van der Waals surface area contributed by atoms with E-state index < -0.39 is 0 Å². The number of nitrogens with zero attached hydrogens (tertiary/aromatic N) is 2. The van der Waals surface area contributed by atoms with E-state index in [-0.39, 0.29) is 5.91 Å². The maximum absolute atomic E-state index is 12.5. The van der Waals surface area contributed by atoms with Crippen molar-refractivity contribution in [3.05, 3.63) is 60.2 Å². The summed E-state index contributed by atoms with van der Waals surface area (Å²) in [5.74, 6) is 1.98. The molecule has 0 bridgehead atoms. The minimum absolute atomic E-state index is 0.223. The Balaban J connectivity index is 1.36. The van der Waals surface area contributed by atoms with Crippen molar-refractivity contribution in [3.63, 3.8) is 0 Å². The minimum atomic E-state index is 0.223. The zero-order valence-electron chi connectivity index (χ0n) is 16.0. The molecule has 0 aliphatic carbocycles. The van der Waals surface area contributed by atoms with Gasteiger partial charge in [-0.3, -0.25) is 9.69 Å². The number of rotatable bonds is 8. The molecule has 1 heterocycles. The third-order valence-electron chi connectivity index (χ3n) is 4.95. The lowest BCUT2D eigenvalue weighted by Crippen LogP contribution is -2.49. The van der Waals surface area contributed by atoms with E-state index in [1.54, 1.807) is 7.11 Å². The summed E-state index contributed by atoms with van der Waals surface area (Å²) in [6, 6.07) is 17.8. The van der Waals surface area contributed by atoms with Crippen LogP contribution < -0.4 is 9.47 Å². The summed E-state index contributed by atoms with van der Waals surface area (Å²) in [7, 11) is 1.67. The number of amides is 1. The molecule has 1 saturated heterocycles. The van der Waals surface area contributed by atoms with Gasteiger partial charge in [0.2, 0.25) is 5.91 Å². The molecule has 5 nitrogen and oxygen atoms in total. The molecule has 1 aliphatic rings. The monoisotopic (exact) mass is 368 g/mol. The number of para-hydroxylation sites is 2. The van der Waals surface area contributed by atoms with Crippen LogP contribution in [-0.4, -0.2) is 62.1 Å². The highest BCUT2D eigenvalue weighted by Gasteiger charge is 2.21. The fourth-order valence-electron chi connectivity index (χ4n) is 3.34. The zero-order valence-corrected chi connectivity index (χ0v) is 16.0. The molecule has 1 amide bonds. The van der Waals surface area contributed by atoms with Crippen LogP contribution in [0.2, 0.25) is 0 Å². The highest BCUT2D eigenvalue weighted by molar-refractivity contribution is 5.76. The van der Waals surface area contributed by atoms with Gasteiger partial charge < -0.3 is 14.4 Å². The lowest BCUT2D eigenvalue weighted by Gasteiger charge is -2.34. The summed E-state index contributed by atoms with van der Waals surface area (Å²) in [6.45, 7) is 4.94. The average Bonchev–Trinajstić information content (AvgIpc) is 2.73. The van der Waals surface area contributed by atoms with Gasteiger partial charge in [-0.05, 0) is 30.2 Å². The predicted molar refractivity (Wildman–Crippen MR) is 106 cm³/mol. The Labute approximate surface area is 161 Å². The van der Waals surface area contributed by atoms with E-state index in [1.807, 2.05) is 59.5 Å². The van der Waals surface area contributed by atoms with Gasteiger partial charge in [0, 0.05) is 39.1 Å². The molecule has 0 radical (unpaired) electrons. The highest BCUT2D eigenvalue weighted by Crippen LogP contribution is 2.19. The predicted octanol–water partition coefficient (Wildman–Crippen LogP) is 2.85. The molecule has 0 saturated carbocycles. The van der Waals surface area contributed by atoms with E-state index in [2.05, 4.69) is 4.90 Å². The smallest absolute Gasteiger partial charge is 0.222 e. The van der Waals surface area contributed by atoms with Crippen LogP contribution in [0.5, 0.6) is 11.5 Å². The van der Waals surface area contributed by atoms with E-state index in [0.717, 1.165) is 49.8 Å². The van der Waals surface area contributed by atoms with Crippen LogP contribution in [-0.2, 0) is 11.2 Å².